The fourth-order valence-corrected chi connectivity index (χ4v) is 3.25. The van der Waals surface area contributed by atoms with Crippen LogP contribution in [0.3, 0.4) is 0 Å². The van der Waals surface area contributed by atoms with Crippen LogP contribution in [0.1, 0.15) is 82.8 Å². The van der Waals surface area contributed by atoms with Gasteiger partial charge in [0.1, 0.15) is 0 Å². The van der Waals surface area contributed by atoms with E-state index in [1.54, 1.807) is 0 Å². The molecule has 1 N–H and O–H groups in total. The number of aryl methyl sites for hydroxylation is 1. The van der Waals surface area contributed by atoms with Crippen molar-refractivity contribution in [2.75, 3.05) is 6.54 Å². The molecule has 0 saturated heterocycles. The summed E-state index contributed by atoms with van der Waals surface area (Å²) in [4.78, 5) is 0. The van der Waals surface area contributed by atoms with Crippen molar-refractivity contribution in [2.45, 2.75) is 86.2 Å². The maximum atomic E-state index is 4.83. The van der Waals surface area contributed by atoms with Crippen molar-refractivity contribution in [1.29, 1.82) is 0 Å². The van der Waals surface area contributed by atoms with Crippen LogP contribution in [0, 0.1) is 19.8 Å². The van der Waals surface area contributed by atoms with Gasteiger partial charge in [-0.25, -0.2) is 0 Å². The molecule has 0 bridgehead atoms. The lowest BCUT2D eigenvalue weighted by molar-refractivity contribution is 0.367. The first-order chi connectivity index (χ1) is 10.1. The molecule has 0 fully saturated rings. The third-order valence-corrected chi connectivity index (χ3v) is 4.62. The summed E-state index contributed by atoms with van der Waals surface area (Å²) in [6, 6.07) is 0.444. The highest BCUT2D eigenvalue weighted by molar-refractivity contribution is 5.28. The maximum absolute atomic E-state index is 4.83. The number of hydrogen-bond donors (Lipinski definition) is 1. The number of nitrogens with zero attached hydrogens (tertiary/aromatic N) is 2. The second-order valence-electron chi connectivity index (χ2n) is 6.20. The van der Waals surface area contributed by atoms with Gasteiger partial charge in [0.25, 0.3) is 0 Å². The van der Waals surface area contributed by atoms with Crippen LogP contribution in [0.25, 0.3) is 0 Å². The highest BCUT2D eigenvalue weighted by Gasteiger charge is 2.20. The minimum atomic E-state index is 0.444. The first-order valence-corrected chi connectivity index (χ1v) is 8.86. The lowest BCUT2D eigenvalue weighted by Crippen LogP contribution is -2.21. The van der Waals surface area contributed by atoms with Crippen LogP contribution in [0.5, 0.6) is 0 Å². The normalized spacial score (nSPS) is 14.4. The van der Waals surface area contributed by atoms with E-state index in [0.717, 1.165) is 25.4 Å². The molecule has 1 aromatic heterocycles. The largest absolute Gasteiger partial charge is 0.310 e. The second-order valence-corrected chi connectivity index (χ2v) is 6.20. The second kappa shape index (κ2) is 9.24. The van der Waals surface area contributed by atoms with Gasteiger partial charge in [0.2, 0.25) is 0 Å². The molecule has 0 spiro atoms. The zero-order chi connectivity index (χ0) is 15.8. The highest BCUT2D eigenvalue weighted by Crippen LogP contribution is 2.25. The summed E-state index contributed by atoms with van der Waals surface area (Å²) in [5, 5.41) is 8.43. The number of nitrogens with one attached hydrogen (secondary N) is 1. The van der Waals surface area contributed by atoms with Crippen LogP contribution in [0.2, 0.25) is 0 Å². The van der Waals surface area contributed by atoms with Gasteiger partial charge in [-0.1, -0.05) is 47.0 Å². The molecule has 1 heterocycles. The van der Waals surface area contributed by atoms with Gasteiger partial charge in [-0.15, -0.1) is 0 Å². The van der Waals surface area contributed by atoms with Gasteiger partial charge < -0.3 is 5.32 Å². The van der Waals surface area contributed by atoms with Crippen molar-refractivity contribution < 1.29 is 0 Å². The molecule has 3 heteroatoms. The molecule has 0 amide bonds. The first-order valence-electron chi connectivity index (χ1n) is 8.86. The van der Waals surface area contributed by atoms with Crippen LogP contribution in [0.15, 0.2) is 0 Å². The van der Waals surface area contributed by atoms with Gasteiger partial charge in [-0.3, -0.25) is 4.68 Å². The molecule has 3 nitrogen and oxygen atoms in total. The molecule has 21 heavy (non-hydrogen) atoms. The fourth-order valence-electron chi connectivity index (χ4n) is 3.25. The first kappa shape index (κ1) is 18.2. The van der Waals surface area contributed by atoms with Gasteiger partial charge in [0.15, 0.2) is 0 Å². The monoisotopic (exact) mass is 293 g/mol. The van der Waals surface area contributed by atoms with E-state index in [0.29, 0.717) is 6.04 Å². The molecule has 2 atom stereocenters. The molecule has 1 aromatic rings. The maximum Gasteiger partial charge on any atom is 0.0644 e. The van der Waals surface area contributed by atoms with Gasteiger partial charge in [-0.05, 0) is 39.2 Å². The Balaban J connectivity index is 2.89. The predicted octanol–water partition coefficient (Wildman–Crippen LogP) is 4.78. The van der Waals surface area contributed by atoms with Gasteiger partial charge in [0.05, 0.1) is 5.69 Å². The molecule has 1 rings (SSSR count). The van der Waals surface area contributed by atoms with Crippen molar-refractivity contribution in [1.82, 2.24) is 15.1 Å². The molecular formula is C18H35N3. The van der Waals surface area contributed by atoms with E-state index < -0.39 is 0 Å². The summed E-state index contributed by atoms with van der Waals surface area (Å²) < 4.78 is 2.26. The SMILES string of the molecule is CCCCC(CC)Cn1nc(C)c(C(CC)NCC)c1C. The van der Waals surface area contributed by atoms with E-state index in [-0.39, 0.29) is 0 Å². The van der Waals surface area contributed by atoms with Crippen LogP contribution >= 0.6 is 0 Å². The van der Waals surface area contributed by atoms with Crippen molar-refractivity contribution in [3.8, 4) is 0 Å². The zero-order valence-corrected chi connectivity index (χ0v) is 15.0. The van der Waals surface area contributed by atoms with E-state index in [1.165, 1.54) is 42.6 Å². The Morgan fingerprint density at radius 2 is 1.81 bits per heavy atom. The number of aromatic nitrogens is 2. The Hall–Kier alpha value is -0.830. The summed E-state index contributed by atoms with van der Waals surface area (Å²) >= 11 is 0. The number of unbranched alkanes of at least 4 members (excludes halogenated alkanes) is 1. The predicted molar refractivity (Wildman–Crippen MR) is 91.7 cm³/mol. The molecule has 2 unspecified atom stereocenters. The molecule has 0 aliphatic heterocycles. The lowest BCUT2D eigenvalue weighted by atomic mass is 9.99. The summed E-state index contributed by atoms with van der Waals surface area (Å²) in [6.45, 7) is 15.5. The Labute approximate surface area is 131 Å². The Bertz CT molecular complexity index is 409. The molecule has 0 saturated carbocycles. The van der Waals surface area contributed by atoms with Crippen LogP contribution < -0.4 is 5.32 Å². The third kappa shape index (κ3) is 4.84. The number of rotatable bonds is 10. The Morgan fingerprint density at radius 1 is 1.10 bits per heavy atom. The van der Waals surface area contributed by atoms with Crippen LogP contribution in [0.4, 0.5) is 0 Å². The summed E-state index contributed by atoms with van der Waals surface area (Å²) in [5.74, 6) is 0.759. The van der Waals surface area contributed by atoms with E-state index in [9.17, 15) is 0 Å². The Morgan fingerprint density at radius 3 is 2.33 bits per heavy atom. The fraction of sp³-hybridized carbons (Fsp3) is 0.833. The third-order valence-electron chi connectivity index (χ3n) is 4.62. The summed E-state index contributed by atoms with van der Waals surface area (Å²) in [7, 11) is 0. The average molecular weight is 293 g/mol. The quantitative estimate of drug-likeness (QED) is 0.673. The minimum Gasteiger partial charge on any atom is -0.310 e. The van der Waals surface area contributed by atoms with E-state index in [4.69, 9.17) is 5.10 Å². The zero-order valence-electron chi connectivity index (χ0n) is 15.0. The van der Waals surface area contributed by atoms with Crippen LogP contribution in [-0.4, -0.2) is 16.3 Å². The summed E-state index contributed by atoms with van der Waals surface area (Å²) in [5.41, 5.74) is 3.98. The molecule has 122 valence electrons. The van der Waals surface area contributed by atoms with E-state index in [2.05, 4.69) is 51.5 Å². The van der Waals surface area contributed by atoms with Crippen molar-refractivity contribution >= 4 is 0 Å². The standard InChI is InChI=1S/C18H35N3/c1-7-11-12-16(8-2)13-21-15(6)18(14(5)20-21)17(9-3)19-10-4/h16-17,19H,7-13H2,1-6H3. The van der Waals surface area contributed by atoms with Crippen molar-refractivity contribution in [2.24, 2.45) is 5.92 Å². The molecule has 0 aliphatic rings. The molecule has 0 aromatic carbocycles. The number of hydrogen-bond acceptors (Lipinski definition) is 2. The topological polar surface area (TPSA) is 29.9 Å². The molecule has 0 aliphatic carbocycles. The highest BCUT2D eigenvalue weighted by atomic mass is 15.3. The minimum absolute atomic E-state index is 0.444. The smallest absolute Gasteiger partial charge is 0.0644 e. The van der Waals surface area contributed by atoms with Gasteiger partial charge in [0, 0.05) is 23.8 Å². The molecular weight excluding hydrogens is 258 g/mol. The lowest BCUT2D eigenvalue weighted by Gasteiger charge is -2.18. The summed E-state index contributed by atoms with van der Waals surface area (Å²) in [6.07, 6.45) is 6.31. The molecule has 0 radical (unpaired) electrons. The van der Waals surface area contributed by atoms with E-state index in [1.807, 2.05) is 0 Å². The van der Waals surface area contributed by atoms with Crippen LogP contribution in [-0.2, 0) is 6.54 Å². The van der Waals surface area contributed by atoms with Crippen molar-refractivity contribution in [3.05, 3.63) is 17.0 Å². The van der Waals surface area contributed by atoms with E-state index >= 15 is 0 Å². The van der Waals surface area contributed by atoms with Crippen molar-refractivity contribution in [3.63, 3.8) is 0 Å². The van der Waals surface area contributed by atoms with Gasteiger partial charge >= 0.3 is 0 Å². The van der Waals surface area contributed by atoms with Gasteiger partial charge in [-0.2, -0.15) is 5.10 Å². The Kier molecular flexibility index (Phi) is 8.02. The average Bonchev–Trinajstić information content (AvgIpc) is 2.75.